The van der Waals surface area contributed by atoms with E-state index in [0.717, 1.165) is 17.7 Å². The van der Waals surface area contributed by atoms with Crippen molar-refractivity contribution in [3.8, 4) is 0 Å². The van der Waals surface area contributed by atoms with Gasteiger partial charge >= 0.3 is 6.18 Å². The lowest BCUT2D eigenvalue weighted by Gasteiger charge is -2.35. The van der Waals surface area contributed by atoms with Gasteiger partial charge in [-0.2, -0.15) is 13.2 Å². The Kier molecular flexibility index (Phi) is 4.42. The van der Waals surface area contributed by atoms with Crippen LogP contribution in [0.2, 0.25) is 0 Å². The highest BCUT2D eigenvalue weighted by molar-refractivity contribution is 5.24. The van der Waals surface area contributed by atoms with Crippen molar-refractivity contribution in [3.05, 3.63) is 17.0 Å². The van der Waals surface area contributed by atoms with E-state index in [0.29, 0.717) is 18.6 Å². The molecule has 114 valence electrons. The monoisotopic (exact) mass is 290 g/mol. The van der Waals surface area contributed by atoms with Crippen LogP contribution in [0.3, 0.4) is 0 Å². The minimum Gasteiger partial charge on any atom is -0.361 e. The second-order valence-corrected chi connectivity index (χ2v) is 5.67. The van der Waals surface area contributed by atoms with Crippen molar-refractivity contribution in [1.29, 1.82) is 0 Å². The van der Waals surface area contributed by atoms with E-state index in [1.807, 2.05) is 13.8 Å². The lowest BCUT2D eigenvalue weighted by molar-refractivity contribution is -0.189. The first-order chi connectivity index (χ1) is 9.30. The largest absolute Gasteiger partial charge is 0.393 e. The van der Waals surface area contributed by atoms with Gasteiger partial charge < -0.3 is 9.84 Å². The molecular weight excluding hydrogens is 269 g/mol. The minimum atomic E-state index is -4.13. The quantitative estimate of drug-likeness (QED) is 0.912. The molecule has 3 unspecified atom stereocenters. The van der Waals surface area contributed by atoms with Crippen LogP contribution in [0.4, 0.5) is 13.2 Å². The molecule has 1 fully saturated rings. The van der Waals surface area contributed by atoms with Crippen LogP contribution >= 0.6 is 0 Å². The second kappa shape index (κ2) is 5.76. The van der Waals surface area contributed by atoms with Crippen LogP contribution in [0.15, 0.2) is 4.52 Å². The molecule has 0 spiro atoms. The van der Waals surface area contributed by atoms with Crippen molar-refractivity contribution in [2.24, 2.45) is 5.92 Å². The van der Waals surface area contributed by atoms with Crippen LogP contribution in [0.5, 0.6) is 0 Å². The van der Waals surface area contributed by atoms with Crippen molar-refractivity contribution in [3.63, 3.8) is 0 Å². The number of halogens is 3. The number of nitrogens with one attached hydrogen (secondary N) is 1. The Bertz CT molecular complexity index is 436. The van der Waals surface area contributed by atoms with E-state index in [9.17, 15) is 13.2 Å². The lowest BCUT2D eigenvalue weighted by atomic mass is 9.83. The molecule has 1 aliphatic carbocycles. The summed E-state index contributed by atoms with van der Waals surface area (Å²) in [4.78, 5) is 0. The summed E-state index contributed by atoms with van der Waals surface area (Å²) >= 11 is 0. The highest BCUT2D eigenvalue weighted by Gasteiger charge is 2.45. The average molecular weight is 290 g/mol. The number of nitrogens with zero attached hydrogens (tertiary/aromatic N) is 1. The molecule has 0 amide bonds. The van der Waals surface area contributed by atoms with Gasteiger partial charge in [0.15, 0.2) is 0 Å². The number of hydrogen-bond acceptors (Lipinski definition) is 3. The zero-order valence-electron chi connectivity index (χ0n) is 12.0. The van der Waals surface area contributed by atoms with Crippen LogP contribution in [-0.4, -0.2) is 17.4 Å². The Morgan fingerprint density at radius 2 is 1.90 bits per heavy atom. The Labute approximate surface area is 116 Å². The van der Waals surface area contributed by atoms with Gasteiger partial charge in [-0.15, -0.1) is 0 Å². The summed E-state index contributed by atoms with van der Waals surface area (Å²) in [5.41, 5.74) is 1.61. The number of alkyl halides is 3. The summed E-state index contributed by atoms with van der Waals surface area (Å²) in [6.07, 6.45) is -1.84. The Morgan fingerprint density at radius 3 is 2.45 bits per heavy atom. The van der Waals surface area contributed by atoms with Gasteiger partial charge in [-0.1, -0.05) is 18.0 Å². The molecule has 20 heavy (non-hydrogen) atoms. The molecule has 1 aromatic heterocycles. The third kappa shape index (κ3) is 3.16. The molecule has 0 aliphatic heterocycles. The predicted molar refractivity (Wildman–Crippen MR) is 69.3 cm³/mol. The van der Waals surface area contributed by atoms with E-state index >= 15 is 0 Å². The molecule has 3 atom stereocenters. The summed E-state index contributed by atoms with van der Waals surface area (Å²) in [6.45, 7) is 5.47. The summed E-state index contributed by atoms with van der Waals surface area (Å²) < 4.78 is 44.3. The Balaban J connectivity index is 2.11. The van der Waals surface area contributed by atoms with E-state index in [2.05, 4.69) is 10.5 Å². The summed E-state index contributed by atoms with van der Waals surface area (Å²) in [5.74, 6) is -0.582. The van der Waals surface area contributed by atoms with Crippen molar-refractivity contribution < 1.29 is 17.7 Å². The summed E-state index contributed by atoms with van der Waals surface area (Å²) in [5, 5.41) is 7.00. The predicted octanol–water partition coefficient (Wildman–Crippen LogP) is 4.06. The summed E-state index contributed by atoms with van der Waals surface area (Å²) in [7, 11) is 0. The third-order valence-corrected chi connectivity index (χ3v) is 4.17. The van der Waals surface area contributed by atoms with Gasteiger partial charge in [-0.05, 0) is 33.6 Å². The third-order valence-electron chi connectivity index (χ3n) is 4.17. The molecule has 1 aliphatic rings. The van der Waals surface area contributed by atoms with Gasteiger partial charge in [0.2, 0.25) is 0 Å². The van der Waals surface area contributed by atoms with Crippen LogP contribution < -0.4 is 5.32 Å². The molecule has 0 bridgehead atoms. The van der Waals surface area contributed by atoms with E-state index in [-0.39, 0.29) is 12.5 Å². The van der Waals surface area contributed by atoms with Crippen LogP contribution in [0, 0.1) is 19.8 Å². The van der Waals surface area contributed by atoms with Crippen molar-refractivity contribution in [2.75, 3.05) is 0 Å². The fraction of sp³-hybridized carbons (Fsp3) is 0.786. The minimum absolute atomic E-state index is 0.186. The van der Waals surface area contributed by atoms with Gasteiger partial charge in [0.1, 0.15) is 5.76 Å². The highest BCUT2D eigenvalue weighted by Crippen LogP contribution is 2.38. The second-order valence-electron chi connectivity index (χ2n) is 5.67. The molecule has 0 radical (unpaired) electrons. The van der Waals surface area contributed by atoms with E-state index in [1.165, 1.54) is 0 Å². The first kappa shape index (κ1) is 15.4. The van der Waals surface area contributed by atoms with E-state index in [1.54, 1.807) is 6.92 Å². The molecular formula is C14H21F3N2O. The smallest absolute Gasteiger partial charge is 0.361 e. The first-order valence-electron chi connectivity index (χ1n) is 7.06. The number of hydrogen-bond donors (Lipinski definition) is 1. The first-order valence-corrected chi connectivity index (χ1v) is 7.06. The molecule has 1 saturated carbocycles. The standard InChI is InChI=1S/C14H21F3N2O/c1-8(13-9(2)19-20-10(13)3)18-12-7-5-4-6-11(12)14(15,16)17/h8,11-12,18H,4-7H2,1-3H3. The molecule has 0 saturated heterocycles. The van der Waals surface area contributed by atoms with Gasteiger partial charge in [-0.25, -0.2) is 0 Å². The molecule has 1 heterocycles. The van der Waals surface area contributed by atoms with Crippen molar-refractivity contribution in [2.45, 2.75) is 64.7 Å². The zero-order valence-corrected chi connectivity index (χ0v) is 12.0. The lowest BCUT2D eigenvalue weighted by Crippen LogP contribution is -2.46. The van der Waals surface area contributed by atoms with Crippen LogP contribution in [0.25, 0.3) is 0 Å². The topological polar surface area (TPSA) is 38.1 Å². The van der Waals surface area contributed by atoms with Crippen LogP contribution in [-0.2, 0) is 0 Å². The van der Waals surface area contributed by atoms with Gasteiger partial charge in [-0.3, -0.25) is 0 Å². The number of aromatic nitrogens is 1. The maximum atomic E-state index is 13.1. The Hall–Kier alpha value is -1.04. The fourth-order valence-corrected chi connectivity index (χ4v) is 3.23. The molecule has 6 heteroatoms. The fourth-order valence-electron chi connectivity index (χ4n) is 3.23. The zero-order chi connectivity index (χ0) is 14.9. The van der Waals surface area contributed by atoms with Gasteiger partial charge in [0.05, 0.1) is 11.6 Å². The molecule has 2 rings (SSSR count). The molecule has 1 aromatic rings. The number of rotatable bonds is 3. The van der Waals surface area contributed by atoms with Crippen molar-refractivity contribution >= 4 is 0 Å². The molecule has 0 aromatic carbocycles. The number of aryl methyl sites for hydroxylation is 2. The average Bonchev–Trinajstić information content (AvgIpc) is 2.68. The van der Waals surface area contributed by atoms with Crippen molar-refractivity contribution in [1.82, 2.24) is 10.5 Å². The molecule has 1 N–H and O–H groups in total. The van der Waals surface area contributed by atoms with Gasteiger partial charge in [0.25, 0.3) is 0 Å². The maximum absolute atomic E-state index is 13.1. The highest BCUT2D eigenvalue weighted by atomic mass is 19.4. The van der Waals surface area contributed by atoms with E-state index in [4.69, 9.17) is 4.52 Å². The summed E-state index contributed by atoms with van der Waals surface area (Å²) in [6, 6.07) is -0.707. The SMILES string of the molecule is Cc1noc(C)c1C(C)NC1CCCCC1C(F)(F)F. The van der Waals surface area contributed by atoms with Gasteiger partial charge in [0, 0.05) is 17.6 Å². The normalized spacial score (nSPS) is 25.7. The molecule has 3 nitrogen and oxygen atoms in total. The van der Waals surface area contributed by atoms with Crippen LogP contribution in [0.1, 0.15) is 55.7 Å². The Morgan fingerprint density at radius 1 is 1.25 bits per heavy atom. The maximum Gasteiger partial charge on any atom is 0.393 e. The van der Waals surface area contributed by atoms with E-state index < -0.39 is 18.1 Å².